The van der Waals surface area contributed by atoms with Gasteiger partial charge in [-0.3, -0.25) is 9.48 Å². The summed E-state index contributed by atoms with van der Waals surface area (Å²) in [7, 11) is 1.82. The van der Waals surface area contributed by atoms with Crippen LogP contribution >= 0.6 is 11.6 Å². The van der Waals surface area contributed by atoms with Gasteiger partial charge in [-0.05, 0) is 39.5 Å². The number of halogens is 1. The van der Waals surface area contributed by atoms with E-state index in [0.29, 0.717) is 18.1 Å². The number of nitrogens with zero attached hydrogens (tertiary/aromatic N) is 2. The Hall–Kier alpha value is -0.870. The fraction of sp³-hybridized carbons (Fsp3) is 0.714. The molecule has 0 aliphatic heterocycles. The van der Waals surface area contributed by atoms with Gasteiger partial charge in [0.2, 0.25) is 0 Å². The second-order valence-corrected chi connectivity index (χ2v) is 5.58. The van der Waals surface area contributed by atoms with Crippen LogP contribution < -0.4 is 0 Å². The molecule has 0 atom stereocenters. The molecule has 0 unspecified atom stereocenters. The number of ketones is 1. The Morgan fingerprint density at radius 1 is 1.47 bits per heavy atom. The molecule has 5 heteroatoms. The van der Waals surface area contributed by atoms with Crippen LogP contribution in [0.4, 0.5) is 0 Å². The molecule has 4 nitrogen and oxygen atoms in total. The monoisotopic (exact) mass is 284 g/mol. The molecule has 0 amide bonds. The highest BCUT2D eigenvalue weighted by Crippen LogP contribution is 2.35. The maximum absolute atomic E-state index is 12.6. The first kappa shape index (κ1) is 14.5. The van der Waals surface area contributed by atoms with Crippen LogP contribution in [0.25, 0.3) is 0 Å². The number of carbonyl (C=O) groups is 1. The molecule has 0 saturated heterocycles. The van der Waals surface area contributed by atoms with Gasteiger partial charge >= 0.3 is 0 Å². The Labute approximate surface area is 119 Å². The summed E-state index contributed by atoms with van der Waals surface area (Å²) in [5, 5.41) is 4.85. The fourth-order valence-electron chi connectivity index (χ4n) is 2.91. The highest BCUT2D eigenvalue weighted by atomic mass is 35.5. The van der Waals surface area contributed by atoms with Crippen molar-refractivity contribution in [3.05, 3.63) is 16.4 Å². The lowest BCUT2D eigenvalue weighted by atomic mass is 9.93. The molecule has 1 aromatic heterocycles. The molecule has 19 heavy (non-hydrogen) atoms. The first-order valence-corrected chi connectivity index (χ1v) is 7.23. The van der Waals surface area contributed by atoms with E-state index in [2.05, 4.69) is 5.10 Å². The van der Waals surface area contributed by atoms with Crippen LogP contribution in [0.2, 0.25) is 5.02 Å². The predicted molar refractivity (Wildman–Crippen MR) is 74.5 cm³/mol. The summed E-state index contributed by atoms with van der Waals surface area (Å²) in [6.45, 7) is 4.36. The number of Topliss-reactive ketones (excluding diaryl/α,β-unsaturated/α-hetero) is 1. The van der Waals surface area contributed by atoms with Crippen LogP contribution in [0.1, 0.15) is 44.0 Å². The van der Waals surface area contributed by atoms with E-state index in [0.717, 1.165) is 37.1 Å². The number of hydrogen-bond acceptors (Lipinski definition) is 3. The third-order valence-corrected chi connectivity index (χ3v) is 4.42. The molecule has 1 saturated carbocycles. The summed E-state index contributed by atoms with van der Waals surface area (Å²) in [4.78, 5) is 12.6. The lowest BCUT2D eigenvalue weighted by Crippen LogP contribution is -2.40. The van der Waals surface area contributed by atoms with E-state index in [-0.39, 0.29) is 5.78 Å². The molecular weight excluding hydrogens is 264 g/mol. The third kappa shape index (κ3) is 2.70. The zero-order valence-corrected chi connectivity index (χ0v) is 12.6. The summed E-state index contributed by atoms with van der Waals surface area (Å²) in [5.41, 5.74) is 0.968. The van der Waals surface area contributed by atoms with E-state index in [1.807, 2.05) is 20.9 Å². The maximum Gasteiger partial charge on any atom is 0.170 e. The van der Waals surface area contributed by atoms with E-state index in [4.69, 9.17) is 16.3 Å². The predicted octanol–water partition coefficient (Wildman–Crippen LogP) is 2.84. The number of carbonyl (C=O) groups excluding carboxylic acids is 1. The topological polar surface area (TPSA) is 44.1 Å². The minimum Gasteiger partial charge on any atom is -0.367 e. The van der Waals surface area contributed by atoms with Crippen molar-refractivity contribution in [2.45, 2.75) is 51.6 Å². The molecule has 0 aromatic carbocycles. The Kier molecular flexibility index (Phi) is 4.31. The van der Waals surface area contributed by atoms with Crippen molar-refractivity contribution in [1.82, 2.24) is 9.78 Å². The highest BCUT2D eigenvalue weighted by molar-refractivity contribution is 6.32. The number of rotatable bonds is 5. The average molecular weight is 285 g/mol. The summed E-state index contributed by atoms with van der Waals surface area (Å²) >= 11 is 6.21. The second-order valence-electron chi connectivity index (χ2n) is 5.20. The number of hydrogen-bond donors (Lipinski definition) is 0. The van der Waals surface area contributed by atoms with Crippen LogP contribution in [0.3, 0.4) is 0 Å². The highest BCUT2D eigenvalue weighted by Gasteiger charge is 2.41. The molecule has 1 aromatic rings. The second kappa shape index (κ2) is 5.63. The summed E-state index contributed by atoms with van der Waals surface area (Å²) in [6.07, 6.45) is 4.08. The molecule has 1 aliphatic rings. The summed E-state index contributed by atoms with van der Waals surface area (Å²) < 4.78 is 7.49. The van der Waals surface area contributed by atoms with Gasteiger partial charge in [0, 0.05) is 13.7 Å². The Balaban J connectivity index is 2.20. The summed E-state index contributed by atoms with van der Waals surface area (Å²) in [5.74, 6) is 0.136. The average Bonchev–Trinajstić information content (AvgIpc) is 2.92. The maximum atomic E-state index is 12.6. The van der Waals surface area contributed by atoms with Gasteiger partial charge in [0.1, 0.15) is 5.60 Å². The molecule has 0 spiro atoms. The first-order valence-electron chi connectivity index (χ1n) is 6.85. The van der Waals surface area contributed by atoms with Gasteiger partial charge in [-0.2, -0.15) is 5.10 Å². The number of aromatic nitrogens is 2. The van der Waals surface area contributed by atoms with Crippen molar-refractivity contribution >= 4 is 17.4 Å². The number of ether oxygens (including phenoxy) is 1. The van der Waals surface area contributed by atoms with E-state index in [1.54, 1.807) is 4.68 Å². The van der Waals surface area contributed by atoms with Gasteiger partial charge in [0.25, 0.3) is 0 Å². The van der Waals surface area contributed by atoms with E-state index in [1.165, 1.54) is 0 Å². The van der Waals surface area contributed by atoms with Gasteiger partial charge in [0.15, 0.2) is 5.78 Å². The van der Waals surface area contributed by atoms with Crippen LogP contribution in [0, 0.1) is 6.92 Å². The van der Waals surface area contributed by atoms with Crippen LogP contribution in [-0.2, 0) is 23.0 Å². The van der Waals surface area contributed by atoms with Crippen molar-refractivity contribution in [3.8, 4) is 0 Å². The fourth-order valence-corrected chi connectivity index (χ4v) is 3.14. The Bertz CT molecular complexity index is 476. The van der Waals surface area contributed by atoms with E-state index in [9.17, 15) is 4.79 Å². The number of aryl methyl sites for hydroxylation is 2. The largest absolute Gasteiger partial charge is 0.367 e. The molecule has 0 N–H and O–H groups in total. The van der Waals surface area contributed by atoms with Crippen molar-refractivity contribution in [3.63, 3.8) is 0 Å². The van der Waals surface area contributed by atoms with Gasteiger partial charge in [-0.15, -0.1) is 0 Å². The molecule has 1 heterocycles. The van der Waals surface area contributed by atoms with E-state index < -0.39 is 5.60 Å². The molecule has 0 radical (unpaired) electrons. The van der Waals surface area contributed by atoms with Gasteiger partial charge < -0.3 is 4.74 Å². The van der Waals surface area contributed by atoms with Crippen molar-refractivity contribution < 1.29 is 9.53 Å². The minimum atomic E-state index is -0.587. The standard InChI is InChI=1S/C14H21ClN2O2/c1-4-19-14(7-5-6-8-14)12(18)9-11-13(15)10(2)16-17(11)3/h4-9H2,1-3H3. The van der Waals surface area contributed by atoms with Crippen molar-refractivity contribution in [2.75, 3.05) is 6.61 Å². The minimum absolute atomic E-state index is 0.136. The zero-order valence-electron chi connectivity index (χ0n) is 11.8. The van der Waals surface area contributed by atoms with Crippen LogP contribution in [0.15, 0.2) is 0 Å². The Morgan fingerprint density at radius 3 is 2.58 bits per heavy atom. The van der Waals surface area contributed by atoms with E-state index >= 15 is 0 Å². The quantitative estimate of drug-likeness (QED) is 0.835. The van der Waals surface area contributed by atoms with Gasteiger partial charge in [-0.25, -0.2) is 0 Å². The molecule has 1 aliphatic carbocycles. The smallest absolute Gasteiger partial charge is 0.170 e. The van der Waals surface area contributed by atoms with Crippen LogP contribution in [-0.4, -0.2) is 27.8 Å². The lowest BCUT2D eigenvalue weighted by Gasteiger charge is -2.27. The van der Waals surface area contributed by atoms with Gasteiger partial charge in [-0.1, -0.05) is 11.6 Å². The molecule has 0 bridgehead atoms. The molecule has 1 fully saturated rings. The first-order chi connectivity index (χ1) is 9.00. The van der Waals surface area contributed by atoms with Crippen LogP contribution in [0.5, 0.6) is 0 Å². The van der Waals surface area contributed by atoms with Gasteiger partial charge in [0.05, 0.1) is 22.8 Å². The zero-order chi connectivity index (χ0) is 14.0. The summed E-state index contributed by atoms with van der Waals surface area (Å²) in [6, 6.07) is 0. The molecular formula is C14H21ClN2O2. The van der Waals surface area contributed by atoms with Crippen molar-refractivity contribution in [2.24, 2.45) is 7.05 Å². The molecule has 106 valence electrons. The normalized spacial score (nSPS) is 17.9. The van der Waals surface area contributed by atoms with Crippen molar-refractivity contribution in [1.29, 1.82) is 0 Å². The Morgan fingerprint density at radius 2 is 2.11 bits per heavy atom. The molecule has 2 rings (SSSR count). The lowest BCUT2D eigenvalue weighted by molar-refractivity contribution is -0.142. The third-order valence-electron chi connectivity index (χ3n) is 3.93. The SMILES string of the molecule is CCOC1(C(=O)Cc2c(Cl)c(C)nn2C)CCCC1.